The molecule has 4 heterocycles. The number of hydrogen-bond donors (Lipinski definition) is 1. The van der Waals surface area contributed by atoms with Crippen LogP contribution in [0.5, 0.6) is 5.88 Å². The molecule has 4 aromatic rings. The normalized spacial score (nSPS) is 16.1. The van der Waals surface area contributed by atoms with Gasteiger partial charge in [-0.25, -0.2) is 4.98 Å². The minimum atomic E-state index is -0.152. The Hall–Kier alpha value is -3.17. The van der Waals surface area contributed by atoms with Gasteiger partial charge in [-0.15, -0.1) is 5.10 Å². The number of carbonyl (C=O) groups excluding carboxylic acids is 1. The third-order valence-corrected chi connectivity index (χ3v) is 7.24. The van der Waals surface area contributed by atoms with Crippen molar-refractivity contribution in [3.63, 3.8) is 0 Å². The molecule has 0 unspecified atom stereocenters. The second kappa shape index (κ2) is 8.64. The molecule has 8 nitrogen and oxygen atoms in total. The Morgan fingerprint density at radius 1 is 1.09 bits per heavy atom. The molecular weight excluding hydrogens is 438 g/mol. The molecule has 0 saturated carbocycles. The first-order valence-corrected chi connectivity index (χ1v) is 12.0. The van der Waals surface area contributed by atoms with Crippen molar-refractivity contribution in [3.05, 3.63) is 70.3 Å². The molecule has 0 spiro atoms. The van der Waals surface area contributed by atoms with Crippen LogP contribution in [0, 0.1) is 6.92 Å². The summed E-state index contributed by atoms with van der Waals surface area (Å²) in [5.41, 5.74) is 2.37. The van der Waals surface area contributed by atoms with Crippen molar-refractivity contribution in [2.24, 2.45) is 0 Å². The van der Waals surface area contributed by atoms with Crippen LogP contribution in [-0.2, 0) is 0 Å². The molecule has 1 aliphatic rings. The zero-order valence-electron chi connectivity index (χ0n) is 18.9. The van der Waals surface area contributed by atoms with Gasteiger partial charge in [-0.05, 0) is 36.1 Å². The zero-order chi connectivity index (χ0) is 23.1. The summed E-state index contributed by atoms with van der Waals surface area (Å²) < 4.78 is 6.80. The van der Waals surface area contributed by atoms with E-state index in [1.165, 1.54) is 27.7 Å². The monoisotopic (exact) mass is 465 g/mol. The molecule has 0 aliphatic carbocycles. The molecule has 172 valence electrons. The summed E-state index contributed by atoms with van der Waals surface area (Å²) in [6.07, 6.45) is 1.52. The molecule has 1 aromatic carbocycles. The third-order valence-electron chi connectivity index (χ3n) is 6.17. The van der Waals surface area contributed by atoms with Crippen LogP contribution in [0.15, 0.2) is 47.1 Å². The van der Waals surface area contributed by atoms with E-state index in [-0.39, 0.29) is 17.8 Å². The highest BCUT2D eigenvalue weighted by molar-refractivity contribution is 7.17. The third kappa shape index (κ3) is 4.02. The summed E-state index contributed by atoms with van der Waals surface area (Å²) in [5.74, 6) is 1.48. The Balaban J connectivity index is 1.46. The van der Waals surface area contributed by atoms with Gasteiger partial charge in [0.15, 0.2) is 5.76 Å². The first-order valence-electron chi connectivity index (χ1n) is 11.1. The van der Waals surface area contributed by atoms with Crippen LogP contribution in [0.2, 0.25) is 0 Å². The Morgan fingerprint density at radius 2 is 1.79 bits per heavy atom. The Kier molecular flexibility index (Phi) is 5.67. The van der Waals surface area contributed by atoms with Gasteiger partial charge in [0.2, 0.25) is 10.8 Å². The number of fused-ring (bicyclic) bond motifs is 1. The van der Waals surface area contributed by atoms with Crippen LogP contribution in [0.4, 0.5) is 0 Å². The van der Waals surface area contributed by atoms with E-state index in [2.05, 4.69) is 53.1 Å². The lowest BCUT2D eigenvalue weighted by molar-refractivity contribution is 0.0568. The first-order chi connectivity index (χ1) is 15.9. The first kappa shape index (κ1) is 21.7. The maximum absolute atomic E-state index is 12.7. The molecule has 0 radical (unpaired) electrons. The number of rotatable bonds is 5. The number of aryl methyl sites for hydroxylation is 1. The van der Waals surface area contributed by atoms with Gasteiger partial charge in [0.05, 0.1) is 17.2 Å². The molecule has 5 rings (SSSR count). The molecule has 3 aromatic heterocycles. The van der Waals surface area contributed by atoms with E-state index in [1.54, 1.807) is 12.1 Å². The van der Waals surface area contributed by atoms with Crippen LogP contribution >= 0.6 is 11.3 Å². The lowest BCUT2D eigenvalue weighted by atomic mass is 9.97. The number of piperazine rings is 1. The summed E-state index contributed by atoms with van der Waals surface area (Å²) in [5, 5.41) is 15.4. The van der Waals surface area contributed by atoms with Crippen molar-refractivity contribution in [2.45, 2.75) is 32.7 Å². The molecule has 33 heavy (non-hydrogen) atoms. The highest BCUT2D eigenvalue weighted by Gasteiger charge is 2.33. The molecule has 1 N–H and O–H groups in total. The molecule has 1 atom stereocenters. The van der Waals surface area contributed by atoms with Crippen LogP contribution < -0.4 is 0 Å². The van der Waals surface area contributed by atoms with Crippen molar-refractivity contribution in [1.82, 2.24) is 24.4 Å². The predicted octanol–water partition coefficient (Wildman–Crippen LogP) is 4.07. The van der Waals surface area contributed by atoms with E-state index in [0.717, 1.165) is 10.4 Å². The quantitative estimate of drug-likeness (QED) is 0.478. The van der Waals surface area contributed by atoms with Gasteiger partial charge < -0.3 is 14.4 Å². The van der Waals surface area contributed by atoms with Crippen LogP contribution in [0.25, 0.3) is 4.96 Å². The minimum absolute atomic E-state index is 0.0883. The fourth-order valence-electron chi connectivity index (χ4n) is 4.36. The van der Waals surface area contributed by atoms with E-state index >= 15 is 0 Å². The summed E-state index contributed by atoms with van der Waals surface area (Å²) in [7, 11) is 0. The minimum Gasteiger partial charge on any atom is -0.492 e. The second-order valence-electron chi connectivity index (χ2n) is 8.67. The number of benzene rings is 1. The van der Waals surface area contributed by atoms with Crippen molar-refractivity contribution in [2.75, 3.05) is 26.2 Å². The fourth-order valence-corrected chi connectivity index (χ4v) is 5.52. The molecule has 1 fully saturated rings. The van der Waals surface area contributed by atoms with Gasteiger partial charge in [-0.3, -0.25) is 9.69 Å². The van der Waals surface area contributed by atoms with Gasteiger partial charge in [0.1, 0.15) is 5.82 Å². The Bertz CT molecular complexity index is 1250. The highest BCUT2D eigenvalue weighted by Crippen LogP contribution is 2.40. The van der Waals surface area contributed by atoms with E-state index in [1.807, 2.05) is 11.8 Å². The van der Waals surface area contributed by atoms with Crippen LogP contribution in [0.1, 0.15) is 58.2 Å². The van der Waals surface area contributed by atoms with E-state index in [0.29, 0.717) is 48.6 Å². The number of amides is 1. The van der Waals surface area contributed by atoms with Gasteiger partial charge >= 0.3 is 0 Å². The fraction of sp³-hybridized carbons (Fsp3) is 0.375. The summed E-state index contributed by atoms with van der Waals surface area (Å²) in [6, 6.07) is 11.9. The predicted molar refractivity (Wildman–Crippen MR) is 126 cm³/mol. The van der Waals surface area contributed by atoms with Crippen molar-refractivity contribution < 1.29 is 14.3 Å². The summed E-state index contributed by atoms with van der Waals surface area (Å²) in [4.78, 5) is 22.8. The molecular formula is C24H27N5O3S. The SMILES string of the molecule is Cc1nc2sc([C@@H](c3ccc(C(C)C)cc3)N3CCN(C(=O)c4ccco4)CC3)c(O)n2n1. The number of nitrogens with zero attached hydrogens (tertiary/aromatic N) is 5. The standard InChI is InChI=1S/C24H27N5O3S/c1-15(2)17-6-8-18(9-7-17)20(21-23(31)29-24(33-21)25-16(3)26-29)27-10-12-28(13-11-27)22(30)19-5-4-14-32-19/h4-9,14-15,20,31H,10-13H2,1-3H3/t20-/m1/s1. The largest absolute Gasteiger partial charge is 0.492 e. The maximum Gasteiger partial charge on any atom is 0.289 e. The van der Waals surface area contributed by atoms with Gasteiger partial charge in [-0.1, -0.05) is 49.4 Å². The summed E-state index contributed by atoms with van der Waals surface area (Å²) in [6.45, 7) is 8.69. The number of thiazole rings is 1. The maximum atomic E-state index is 12.7. The van der Waals surface area contributed by atoms with Crippen molar-refractivity contribution in [1.29, 1.82) is 0 Å². The van der Waals surface area contributed by atoms with E-state index in [9.17, 15) is 9.90 Å². The number of aromatic hydroxyl groups is 1. The number of hydrogen-bond acceptors (Lipinski definition) is 7. The van der Waals surface area contributed by atoms with Crippen molar-refractivity contribution >= 4 is 22.2 Å². The number of carbonyl (C=O) groups is 1. The van der Waals surface area contributed by atoms with Crippen LogP contribution in [-0.4, -0.2) is 61.6 Å². The average Bonchev–Trinajstić information content (AvgIpc) is 3.54. The van der Waals surface area contributed by atoms with Gasteiger partial charge in [-0.2, -0.15) is 4.52 Å². The smallest absolute Gasteiger partial charge is 0.289 e. The Morgan fingerprint density at radius 3 is 2.39 bits per heavy atom. The summed E-state index contributed by atoms with van der Waals surface area (Å²) >= 11 is 1.46. The van der Waals surface area contributed by atoms with Gasteiger partial charge in [0.25, 0.3) is 5.91 Å². The molecule has 1 saturated heterocycles. The highest BCUT2D eigenvalue weighted by atomic mass is 32.1. The second-order valence-corrected chi connectivity index (χ2v) is 9.68. The molecule has 9 heteroatoms. The molecule has 0 bridgehead atoms. The number of aromatic nitrogens is 3. The molecule has 1 amide bonds. The molecule has 1 aliphatic heterocycles. The van der Waals surface area contributed by atoms with E-state index in [4.69, 9.17) is 4.42 Å². The lowest BCUT2D eigenvalue weighted by Gasteiger charge is -2.39. The number of furan rings is 1. The zero-order valence-corrected chi connectivity index (χ0v) is 19.7. The van der Waals surface area contributed by atoms with Crippen molar-refractivity contribution in [3.8, 4) is 5.88 Å². The van der Waals surface area contributed by atoms with E-state index < -0.39 is 0 Å². The average molecular weight is 466 g/mol. The Labute approximate surface area is 196 Å². The topological polar surface area (TPSA) is 87.1 Å². The lowest BCUT2D eigenvalue weighted by Crippen LogP contribution is -2.49. The van der Waals surface area contributed by atoms with Crippen LogP contribution in [0.3, 0.4) is 0 Å². The van der Waals surface area contributed by atoms with Gasteiger partial charge in [0, 0.05) is 26.2 Å².